The lowest BCUT2D eigenvalue weighted by Gasteiger charge is -2.24. The standard InChI is InChI=1S/C16H16BrNO3/c1-8-2-5-11(7-12(8)17)18-15(19)13-9-3-4-10(6-9)14(13)16(20)21/h2-5,7,9-10,13-14H,6H2,1H3,(H,18,19)(H,20,21). The van der Waals surface area contributed by atoms with E-state index in [1.54, 1.807) is 0 Å². The van der Waals surface area contributed by atoms with Crippen LogP contribution >= 0.6 is 15.9 Å². The fourth-order valence-electron chi connectivity index (χ4n) is 3.41. The molecule has 0 saturated heterocycles. The first kappa shape index (κ1) is 14.3. The molecule has 4 atom stereocenters. The van der Waals surface area contributed by atoms with Crippen LogP contribution in [0, 0.1) is 30.6 Å². The lowest BCUT2D eigenvalue weighted by molar-refractivity contribution is -0.146. The average Bonchev–Trinajstić information content (AvgIpc) is 3.03. The van der Waals surface area contributed by atoms with Crippen molar-refractivity contribution in [3.63, 3.8) is 0 Å². The van der Waals surface area contributed by atoms with Crippen LogP contribution in [0.3, 0.4) is 0 Å². The summed E-state index contributed by atoms with van der Waals surface area (Å²) in [5, 5.41) is 12.2. The van der Waals surface area contributed by atoms with E-state index < -0.39 is 17.8 Å². The monoisotopic (exact) mass is 349 g/mol. The zero-order valence-corrected chi connectivity index (χ0v) is 13.1. The van der Waals surface area contributed by atoms with E-state index in [0.717, 1.165) is 16.5 Å². The molecule has 5 heteroatoms. The zero-order valence-electron chi connectivity index (χ0n) is 11.5. The number of carbonyl (C=O) groups excluding carboxylic acids is 1. The first-order chi connectivity index (χ1) is 9.97. The summed E-state index contributed by atoms with van der Waals surface area (Å²) in [6.45, 7) is 1.97. The molecule has 1 aromatic carbocycles. The molecule has 1 fully saturated rings. The van der Waals surface area contributed by atoms with Crippen LogP contribution < -0.4 is 5.32 Å². The van der Waals surface area contributed by atoms with Gasteiger partial charge in [0.05, 0.1) is 11.8 Å². The van der Waals surface area contributed by atoms with Gasteiger partial charge in [0.2, 0.25) is 5.91 Å². The Balaban J connectivity index is 1.80. The van der Waals surface area contributed by atoms with Crippen molar-refractivity contribution >= 4 is 33.5 Å². The number of hydrogen-bond donors (Lipinski definition) is 2. The van der Waals surface area contributed by atoms with Gasteiger partial charge in [-0.05, 0) is 42.9 Å². The summed E-state index contributed by atoms with van der Waals surface area (Å²) in [6.07, 6.45) is 4.70. The molecule has 0 heterocycles. The molecule has 0 aromatic heterocycles. The maximum absolute atomic E-state index is 12.5. The van der Waals surface area contributed by atoms with Crippen LogP contribution in [0.25, 0.3) is 0 Å². The molecule has 4 unspecified atom stereocenters. The normalized spacial score (nSPS) is 29.6. The number of rotatable bonds is 3. The number of carboxylic acid groups (broad SMARTS) is 1. The van der Waals surface area contributed by atoms with Gasteiger partial charge in [-0.1, -0.05) is 34.1 Å². The van der Waals surface area contributed by atoms with E-state index in [-0.39, 0.29) is 17.7 Å². The van der Waals surface area contributed by atoms with E-state index in [2.05, 4.69) is 21.2 Å². The van der Waals surface area contributed by atoms with E-state index in [0.29, 0.717) is 5.69 Å². The summed E-state index contributed by atoms with van der Waals surface area (Å²) < 4.78 is 0.919. The Morgan fingerprint density at radius 1 is 1.24 bits per heavy atom. The van der Waals surface area contributed by atoms with Crippen LogP contribution in [0.15, 0.2) is 34.8 Å². The Morgan fingerprint density at radius 3 is 2.52 bits per heavy atom. The molecule has 2 bridgehead atoms. The van der Waals surface area contributed by atoms with Crippen LogP contribution in [-0.2, 0) is 9.59 Å². The van der Waals surface area contributed by atoms with Crippen LogP contribution in [0.5, 0.6) is 0 Å². The van der Waals surface area contributed by atoms with Crippen molar-refractivity contribution in [3.8, 4) is 0 Å². The summed E-state index contributed by atoms with van der Waals surface area (Å²) in [5.41, 5.74) is 1.77. The zero-order chi connectivity index (χ0) is 15.1. The predicted octanol–water partition coefficient (Wildman–Crippen LogP) is 3.22. The van der Waals surface area contributed by atoms with Crippen molar-refractivity contribution in [1.29, 1.82) is 0 Å². The summed E-state index contributed by atoms with van der Waals surface area (Å²) >= 11 is 3.43. The van der Waals surface area contributed by atoms with Crippen LogP contribution in [0.1, 0.15) is 12.0 Å². The average molecular weight is 350 g/mol. The maximum atomic E-state index is 12.5. The third kappa shape index (κ3) is 2.50. The molecule has 0 radical (unpaired) electrons. The van der Waals surface area contributed by atoms with Crippen molar-refractivity contribution in [3.05, 3.63) is 40.4 Å². The molecule has 1 saturated carbocycles. The molecule has 2 aliphatic carbocycles. The van der Waals surface area contributed by atoms with Crippen molar-refractivity contribution in [1.82, 2.24) is 0 Å². The van der Waals surface area contributed by atoms with Gasteiger partial charge in [-0.3, -0.25) is 9.59 Å². The SMILES string of the molecule is Cc1ccc(NC(=O)C2C3C=CC(C3)C2C(=O)O)cc1Br. The van der Waals surface area contributed by atoms with Crippen molar-refractivity contribution < 1.29 is 14.7 Å². The Hall–Kier alpha value is -1.62. The number of benzene rings is 1. The van der Waals surface area contributed by atoms with E-state index in [1.165, 1.54) is 0 Å². The second kappa shape index (κ2) is 5.30. The van der Waals surface area contributed by atoms with E-state index in [9.17, 15) is 14.7 Å². The lowest BCUT2D eigenvalue weighted by Crippen LogP contribution is -2.36. The van der Waals surface area contributed by atoms with Gasteiger partial charge in [-0.2, -0.15) is 0 Å². The van der Waals surface area contributed by atoms with Gasteiger partial charge in [0.15, 0.2) is 0 Å². The van der Waals surface area contributed by atoms with Gasteiger partial charge in [0.25, 0.3) is 0 Å². The Bertz CT molecular complexity index is 640. The second-order valence-electron chi connectivity index (χ2n) is 5.79. The third-order valence-electron chi connectivity index (χ3n) is 4.49. The van der Waals surface area contributed by atoms with Gasteiger partial charge >= 0.3 is 5.97 Å². The first-order valence-electron chi connectivity index (χ1n) is 6.95. The molecule has 1 aromatic rings. The van der Waals surface area contributed by atoms with Gasteiger partial charge in [-0.15, -0.1) is 0 Å². The highest BCUT2D eigenvalue weighted by Gasteiger charge is 2.51. The molecular weight excluding hydrogens is 334 g/mol. The Morgan fingerprint density at radius 2 is 1.90 bits per heavy atom. The molecule has 2 aliphatic rings. The molecule has 0 aliphatic heterocycles. The van der Waals surface area contributed by atoms with E-state index in [1.807, 2.05) is 37.3 Å². The Kier molecular flexibility index (Phi) is 3.61. The highest BCUT2D eigenvalue weighted by atomic mass is 79.9. The number of anilines is 1. The van der Waals surface area contributed by atoms with Crippen molar-refractivity contribution in [2.75, 3.05) is 5.32 Å². The third-order valence-corrected chi connectivity index (χ3v) is 5.34. The van der Waals surface area contributed by atoms with Gasteiger partial charge < -0.3 is 10.4 Å². The maximum Gasteiger partial charge on any atom is 0.307 e. The number of aliphatic carboxylic acids is 1. The lowest BCUT2D eigenvalue weighted by atomic mass is 9.82. The van der Waals surface area contributed by atoms with Crippen LogP contribution in [0.2, 0.25) is 0 Å². The number of hydrogen-bond acceptors (Lipinski definition) is 2. The minimum absolute atomic E-state index is 0.00648. The summed E-state index contributed by atoms with van der Waals surface area (Å²) in [4.78, 5) is 23.9. The molecule has 3 rings (SSSR count). The fourth-order valence-corrected chi connectivity index (χ4v) is 3.79. The quantitative estimate of drug-likeness (QED) is 0.823. The number of carboxylic acids is 1. The molecule has 110 valence electrons. The number of allylic oxidation sites excluding steroid dienone is 2. The number of amides is 1. The Labute approximate surface area is 131 Å². The highest BCUT2D eigenvalue weighted by Crippen LogP contribution is 2.48. The number of fused-ring (bicyclic) bond motifs is 2. The largest absolute Gasteiger partial charge is 0.481 e. The number of carbonyl (C=O) groups is 2. The smallest absolute Gasteiger partial charge is 0.307 e. The summed E-state index contributed by atoms with van der Waals surface area (Å²) in [6, 6.07) is 5.58. The number of nitrogens with one attached hydrogen (secondary N) is 1. The number of halogens is 1. The van der Waals surface area contributed by atoms with Gasteiger partial charge in [0.1, 0.15) is 0 Å². The first-order valence-corrected chi connectivity index (χ1v) is 7.75. The minimum Gasteiger partial charge on any atom is -0.481 e. The predicted molar refractivity (Wildman–Crippen MR) is 82.9 cm³/mol. The van der Waals surface area contributed by atoms with Gasteiger partial charge in [-0.25, -0.2) is 0 Å². The molecule has 2 N–H and O–H groups in total. The molecule has 1 amide bonds. The summed E-state index contributed by atoms with van der Waals surface area (Å²) in [5.74, 6) is -2.11. The van der Waals surface area contributed by atoms with E-state index in [4.69, 9.17) is 0 Å². The molecule has 0 spiro atoms. The molecule has 4 nitrogen and oxygen atoms in total. The minimum atomic E-state index is -0.878. The molecule has 21 heavy (non-hydrogen) atoms. The number of aryl methyl sites for hydroxylation is 1. The van der Waals surface area contributed by atoms with Gasteiger partial charge in [0, 0.05) is 10.2 Å². The van der Waals surface area contributed by atoms with Crippen molar-refractivity contribution in [2.24, 2.45) is 23.7 Å². The fraction of sp³-hybridized carbons (Fsp3) is 0.375. The highest BCUT2D eigenvalue weighted by molar-refractivity contribution is 9.10. The second-order valence-corrected chi connectivity index (χ2v) is 6.65. The molecular formula is C16H16BrNO3. The van der Waals surface area contributed by atoms with Crippen LogP contribution in [-0.4, -0.2) is 17.0 Å². The van der Waals surface area contributed by atoms with E-state index >= 15 is 0 Å². The topological polar surface area (TPSA) is 66.4 Å². The summed E-state index contributed by atoms with van der Waals surface area (Å²) in [7, 11) is 0. The van der Waals surface area contributed by atoms with Crippen molar-refractivity contribution in [2.45, 2.75) is 13.3 Å². The van der Waals surface area contributed by atoms with Crippen LogP contribution in [0.4, 0.5) is 5.69 Å².